The molecule has 0 heteroatoms. The van der Waals surface area contributed by atoms with Crippen molar-refractivity contribution < 1.29 is 4.11 Å². The van der Waals surface area contributed by atoms with Crippen LogP contribution in [0.25, 0.3) is 0 Å². The van der Waals surface area contributed by atoms with Gasteiger partial charge in [-0.3, -0.25) is 0 Å². The molecule has 0 aliphatic heterocycles. The van der Waals surface area contributed by atoms with Crippen molar-refractivity contribution in [1.82, 2.24) is 0 Å². The van der Waals surface area contributed by atoms with E-state index in [0.717, 1.165) is 0 Å². The maximum absolute atomic E-state index is 7.11. The molecule has 0 bridgehead atoms. The third kappa shape index (κ3) is 0.504. The molecule has 0 radical (unpaired) electrons. The minimum atomic E-state index is -0.546. The van der Waals surface area contributed by atoms with Gasteiger partial charge in [0, 0.05) is 4.11 Å². The lowest BCUT2D eigenvalue weighted by atomic mass is 10.4. The van der Waals surface area contributed by atoms with E-state index in [4.69, 9.17) is 4.11 Å². The van der Waals surface area contributed by atoms with Gasteiger partial charge in [0.15, 0.2) is 0 Å². The zero-order valence-electron chi connectivity index (χ0n) is 5.89. The molecule has 0 saturated heterocycles. The SMILES string of the molecule is [2H]C1[C@H]([2H])C=C[C@@H]1[2H]. The molecule has 28 valence electrons. The van der Waals surface area contributed by atoms with Crippen LogP contribution in [0.4, 0.5) is 0 Å². The molecular formula is C5H8. The van der Waals surface area contributed by atoms with Crippen molar-refractivity contribution in [1.29, 1.82) is 0 Å². The Morgan fingerprint density at radius 3 is 2.20 bits per heavy atom. The lowest BCUT2D eigenvalue weighted by Crippen LogP contribution is -1.50. The van der Waals surface area contributed by atoms with Gasteiger partial charge in [0.2, 0.25) is 0 Å². The van der Waals surface area contributed by atoms with Crippen LogP contribution in [-0.4, -0.2) is 0 Å². The lowest BCUT2D eigenvalue weighted by molar-refractivity contribution is 0.929. The van der Waals surface area contributed by atoms with Gasteiger partial charge in [-0.05, 0) is 19.2 Å². The molecule has 1 aliphatic carbocycles. The first-order chi connectivity index (χ1) is 3.72. The van der Waals surface area contributed by atoms with Crippen LogP contribution in [0.3, 0.4) is 0 Å². The molecule has 5 heavy (non-hydrogen) atoms. The predicted octanol–water partition coefficient (Wildman–Crippen LogP) is 1.73. The molecule has 1 aliphatic rings. The van der Waals surface area contributed by atoms with E-state index >= 15 is 0 Å². The summed E-state index contributed by atoms with van der Waals surface area (Å²) in [5.41, 5.74) is 0. The Bertz CT molecular complexity index is 98.2. The monoisotopic (exact) mass is 71.1 g/mol. The van der Waals surface area contributed by atoms with E-state index in [1.807, 2.05) is 0 Å². The van der Waals surface area contributed by atoms with Crippen molar-refractivity contribution >= 4 is 0 Å². The molecule has 0 saturated carbocycles. The van der Waals surface area contributed by atoms with Gasteiger partial charge in [-0.15, -0.1) is 0 Å². The molecule has 1 rings (SSSR count). The van der Waals surface area contributed by atoms with E-state index in [2.05, 4.69) is 0 Å². The Labute approximate surface area is 36.7 Å². The molecule has 0 N–H and O–H groups in total. The topological polar surface area (TPSA) is 0 Å². The highest BCUT2D eigenvalue weighted by Crippen LogP contribution is 2.05. The lowest BCUT2D eigenvalue weighted by Gasteiger charge is -1.69. The van der Waals surface area contributed by atoms with Gasteiger partial charge >= 0.3 is 0 Å². The van der Waals surface area contributed by atoms with Crippen LogP contribution >= 0.6 is 0 Å². The summed E-state index contributed by atoms with van der Waals surface area (Å²) in [4.78, 5) is 0. The smallest absolute Gasteiger partial charge is 0.0310 e. The van der Waals surface area contributed by atoms with Crippen LogP contribution in [0, 0.1) is 0 Å². The van der Waals surface area contributed by atoms with Crippen LogP contribution in [0.2, 0.25) is 0 Å². The Morgan fingerprint density at radius 1 is 1.40 bits per heavy atom. The number of hydrogen-bond acceptors (Lipinski definition) is 0. The van der Waals surface area contributed by atoms with Crippen LogP contribution in [0.5, 0.6) is 0 Å². The fourth-order valence-corrected chi connectivity index (χ4v) is 0.321. The summed E-state index contributed by atoms with van der Waals surface area (Å²) in [6.45, 7) is 0. The van der Waals surface area contributed by atoms with Gasteiger partial charge in [-0.2, -0.15) is 0 Å². The van der Waals surface area contributed by atoms with Gasteiger partial charge in [-0.1, -0.05) is 12.2 Å². The molecule has 3 atom stereocenters. The van der Waals surface area contributed by atoms with E-state index in [1.165, 1.54) is 0 Å². The van der Waals surface area contributed by atoms with Crippen molar-refractivity contribution in [2.45, 2.75) is 19.2 Å². The normalized spacial score (nSPS) is 73.6. The molecule has 1 unspecified atom stereocenters. The largest absolute Gasteiger partial charge is 0.0885 e. The summed E-state index contributed by atoms with van der Waals surface area (Å²) in [7, 11) is 0. The Hall–Kier alpha value is -0.260. The summed E-state index contributed by atoms with van der Waals surface area (Å²) in [5.74, 6) is 0. The highest BCUT2D eigenvalue weighted by Gasteiger charge is 1.84. The number of allylic oxidation sites excluding steroid dienone is 2. The minimum absolute atomic E-state index is 0.461. The van der Waals surface area contributed by atoms with Crippen molar-refractivity contribution in [3.05, 3.63) is 12.2 Å². The summed E-state index contributed by atoms with van der Waals surface area (Å²) >= 11 is 0. The van der Waals surface area contributed by atoms with Crippen LogP contribution in [-0.2, 0) is 0 Å². The Kier molecular flexibility index (Phi) is 0.277. The van der Waals surface area contributed by atoms with Gasteiger partial charge in [0.05, 0.1) is 0 Å². The Morgan fingerprint density at radius 2 is 2.00 bits per heavy atom. The van der Waals surface area contributed by atoms with Gasteiger partial charge in [0.1, 0.15) is 0 Å². The maximum atomic E-state index is 7.11. The van der Waals surface area contributed by atoms with Gasteiger partial charge in [-0.25, -0.2) is 0 Å². The summed E-state index contributed by atoms with van der Waals surface area (Å²) < 4.78 is 21.3. The fourth-order valence-electron chi connectivity index (χ4n) is 0.321. The van der Waals surface area contributed by atoms with Crippen molar-refractivity contribution in [3.8, 4) is 0 Å². The quantitative estimate of drug-likeness (QED) is 0.381. The van der Waals surface area contributed by atoms with E-state index in [9.17, 15) is 0 Å². The second-order valence-corrected chi connectivity index (χ2v) is 0.962. The molecule has 0 heterocycles. The highest BCUT2D eigenvalue weighted by molar-refractivity contribution is 4.88. The zero-order valence-corrected chi connectivity index (χ0v) is 2.89. The zero-order chi connectivity index (χ0) is 6.15. The van der Waals surface area contributed by atoms with Crippen LogP contribution in [0.15, 0.2) is 12.2 Å². The maximum Gasteiger partial charge on any atom is 0.0310 e. The van der Waals surface area contributed by atoms with E-state index in [-0.39, 0.29) is 0 Å². The van der Waals surface area contributed by atoms with Gasteiger partial charge in [0.25, 0.3) is 0 Å². The number of rotatable bonds is 0. The third-order valence-electron chi connectivity index (χ3n) is 0.556. The van der Waals surface area contributed by atoms with Crippen molar-refractivity contribution in [2.75, 3.05) is 0 Å². The summed E-state index contributed by atoms with van der Waals surface area (Å²) in [6, 6.07) is 0. The van der Waals surface area contributed by atoms with E-state index < -0.39 is 19.2 Å². The predicted molar refractivity (Wildman–Crippen MR) is 23.0 cm³/mol. The van der Waals surface area contributed by atoms with Crippen LogP contribution in [0.1, 0.15) is 23.3 Å². The third-order valence-corrected chi connectivity index (χ3v) is 0.556. The average molecular weight is 71.1 g/mol. The summed E-state index contributed by atoms with van der Waals surface area (Å²) in [5, 5.41) is 0. The molecule has 0 aromatic rings. The van der Waals surface area contributed by atoms with Gasteiger partial charge < -0.3 is 0 Å². The molecule has 0 nitrogen and oxygen atoms in total. The minimum Gasteiger partial charge on any atom is -0.0885 e. The Balaban J connectivity index is 2.55. The van der Waals surface area contributed by atoms with E-state index in [0.29, 0.717) is 0 Å². The number of hydrogen-bond donors (Lipinski definition) is 0. The first-order valence-corrected chi connectivity index (χ1v) is 1.67. The molecule has 0 fully saturated rings. The molecule has 0 spiro atoms. The molecule has 0 aromatic heterocycles. The van der Waals surface area contributed by atoms with Crippen molar-refractivity contribution in [2.24, 2.45) is 0 Å². The van der Waals surface area contributed by atoms with Crippen LogP contribution < -0.4 is 0 Å². The standard InChI is InChI=1S/C5H8/c1-2-4-5-3-1/h1-2H,3-5H2/i3D,4D,5D/t3-,4+,5?. The van der Waals surface area contributed by atoms with Crippen molar-refractivity contribution in [3.63, 3.8) is 0 Å². The molecule has 0 aromatic carbocycles. The first-order valence-electron chi connectivity index (χ1n) is 3.40. The van der Waals surface area contributed by atoms with E-state index in [1.54, 1.807) is 12.2 Å². The molecule has 0 amide bonds. The first kappa shape index (κ1) is 1.11. The average Bonchev–Trinajstić information content (AvgIpc) is 1.98. The second kappa shape index (κ2) is 1.25. The fraction of sp³-hybridized carbons (Fsp3) is 0.600. The summed E-state index contributed by atoms with van der Waals surface area (Å²) in [6.07, 6.45) is 1.75. The second-order valence-electron chi connectivity index (χ2n) is 0.962. The highest BCUT2D eigenvalue weighted by atomic mass is 13.9. The molecular weight excluding hydrogens is 60.1 g/mol.